The smallest absolute Gasteiger partial charge is 0.140 e. The Labute approximate surface area is 116 Å². The Kier molecular flexibility index (Phi) is 5.34. The molecule has 5 nitrogen and oxygen atoms in total. The molecule has 0 aromatic carbocycles. The van der Waals surface area contributed by atoms with Gasteiger partial charge in [0, 0.05) is 19.1 Å². The lowest BCUT2D eigenvalue weighted by Gasteiger charge is -2.21. The Bertz CT molecular complexity index is 368. The second kappa shape index (κ2) is 7.01. The van der Waals surface area contributed by atoms with Gasteiger partial charge in [-0.25, -0.2) is 9.67 Å². The number of nitrogens with one attached hydrogen (secondary N) is 1. The van der Waals surface area contributed by atoms with E-state index in [0.29, 0.717) is 12.0 Å². The summed E-state index contributed by atoms with van der Waals surface area (Å²) in [6, 6.07) is 0.502. The molecule has 0 spiro atoms. The molecule has 1 aromatic heterocycles. The van der Waals surface area contributed by atoms with Gasteiger partial charge in [0.2, 0.25) is 0 Å². The molecule has 1 N–H and O–H groups in total. The normalized spacial score (nSPS) is 18.3. The molecular formula is C14H27N5. The van der Waals surface area contributed by atoms with Gasteiger partial charge in [-0.3, -0.25) is 0 Å². The summed E-state index contributed by atoms with van der Waals surface area (Å²) in [6.45, 7) is 12.1. The van der Waals surface area contributed by atoms with Gasteiger partial charge >= 0.3 is 0 Å². The van der Waals surface area contributed by atoms with Crippen LogP contribution in [-0.2, 0) is 13.1 Å². The van der Waals surface area contributed by atoms with Crippen LogP contribution in [0.2, 0.25) is 0 Å². The zero-order valence-electron chi connectivity index (χ0n) is 12.5. The van der Waals surface area contributed by atoms with Gasteiger partial charge < -0.3 is 10.2 Å². The average molecular weight is 265 g/mol. The molecule has 2 heterocycles. The minimum absolute atomic E-state index is 0.502. The van der Waals surface area contributed by atoms with Gasteiger partial charge in [-0.05, 0) is 38.8 Å². The van der Waals surface area contributed by atoms with Gasteiger partial charge in [0.05, 0.1) is 6.54 Å². The maximum absolute atomic E-state index is 4.35. The van der Waals surface area contributed by atoms with Crippen molar-refractivity contribution in [2.45, 2.75) is 52.7 Å². The quantitative estimate of drug-likeness (QED) is 0.812. The van der Waals surface area contributed by atoms with E-state index >= 15 is 0 Å². The van der Waals surface area contributed by atoms with E-state index in [1.54, 1.807) is 6.33 Å². The third-order valence-corrected chi connectivity index (χ3v) is 3.57. The first-order valence-electron chi connectivity index (χ1n) is 7.47. The zero-order valence-corrected chi connectivity index (χ0v) is 12.5. The van der Waals surface area contributed by atoms with Crippen LogP contribution >= 0.6 is 0 Å². The second-order valence-corrected chi connectivity index (χ2v) is 6.04. The van der Waals surface area contributed by atoms with E-state index in [1.165, 1.54) is 25.9 Å². The maximum atomic E-state index is 4.35. The Balaban J connectivity index is 1.76. The van der Waals surface area contributed by atoms with Gasteiger partial charge in [0.15, 0.2) is 0 Å². The van der Waals surface area contributed by atoms with Crippen molar-refractivity contribution in [3.63, 3.8) is 0 Å². The molecule has 1 aliphatic rings. The summed E-state index contributed by atoms with van der Waals surface area (Å²) < 4.78 is 2.01. The first-order chi connectivity index (χ1) is 9.15. The molecule has 0 saturated carbocycles. The predicted molar refractivity (Wildman–Crippen MR) is 76.8 cm³/mol. The van der Waals surface area contributed by atoms with Crippen molar-refractivity contribution in [3.05, 3.63) is 12.2 Å². The van der Waals surface area contributed by atoms with Crippen LogP contribution in [0.15, 0.2) is 6.33 Å². The van der Waals surface area contributed by atoms with E-state index in [4.69, 9.17) is 0 Å². The summed E-state index contributed by atoms with van der Waals surface area (Å²) in [5, 5.41) is 7.85. The lowest BCUT2D eigenvalue weighted by molar-refractivity contribution is 0.296. The zero-order chi connectivity index (χ0) is 13.7. The molecule has 1 fully saturated rings. The van der Waals surface area contributed by atoms with E-state index in [0.717, 1.165) is 25.5 Å². The predicted octanol–water partition coefficient (Wildman–Crippen LogP) is 1.51. The molecule has 0 radical (unpaired) electrons. The molecule has 1 atom stereocenters. The SMILES string of the molecule is CC(C)Cn1ncnc1CNC(C)CN1CCCC1. The second-order valence-electron chi connectivity index (χ2n) is 6.04. The summed E-state index contributed by atoms with van der Waals surface area (Å²) in [6.07, 6.45) is 4.37. The van der Waals surface area contributed by atoms with Crippen molar-refractivity contribution in [1.29, 1.82) is 0 Å². The Morgan fingerprint density at radius 3 is 2.63 bits per heavy atom. The highest BCUT2D eigenvalue weighted by Gasteiger charge is 2.15. The van der Waals surface area contributed by atoms with Crippen molar-refractivity contribution >= 4 is 0 Å². The fourth-order valence-electron chi connectivity index (χ4n) is 2.61. The Morgan fingerprint density at radius 1 is 1.21 bits per heavy atom. The minimum atomic E-state index is 0.502. The molecule has 0 aliphatic carbocycles. The van der Waals surface area contributed by atoms with Gasteiger partial charge in [-0.2, -0.15) is 5.10 Å². The van der Waals surface area contributed by atoms with Crippen molar-refractivity contribution in [2.75, 3.05) is 19.6 Å². The van der Waals surface area contributed by atoms with Crippen LogP contribution in [0.4, 0.5) is 0 Å². The first kappa shape index (κ1) is 14.5. The molecule has 5 heteroatoms. The minimum Gasteiger partial charge on any atom is -0.306 e. The number of likely N-dealkylation sites (tertiary alicyclic amines) is 1. The Morgan fingerprint density at radius 2 is 1.95 bits per heavy atom. The molecule has 19 heavy (non-hydrogen) atoms. The number of hydrogen-bond acceptors (Lipinski definition) is 4. The third kappa shape index (κ3) is 4.58. The molecule has 0 bridgehead atoms. The highest BCUT2D eigenvalue weighted by Crippen LogP contribution is 2.08. The van der Waals surface area contributed by atoms with E-state index in [2.05, 4.69) is 41.1 Å². The molecule has 1 saturated heterocycles. The Hall–Kier alpha value is -0.940. The molecule has 0 amide bonds. The molecule has 1 unspecified atom stereocenters. The molecule has 1 aliphatic heterocycles. The van der Waals surface area contributed by atoms with Crippen molar-refractivity contribution in [1.82, 2.24) is 25.0 Å². The highest BCUT2D eigenvalue weighted by molar-refractivity contribution is 4.85. The van der Waals surface area contributed by atoms with Gasteiger partial charge in [0.25, 0.3) is 0 Å². The highest BCUT2D eigenvalue weighted by atomic mass is 15.3. The van der Waals surface area contributed by atoms with Gasteiger partial charge in [-0.15, -0.1) is 0 Å². The third-order valence-electron chi connectivity index (χ3n) is 3.57. The fourth-order valence-corrected chi connectivity index (χ4v) is 2.61. The number of aromatic nitrogens is 3. The van der Waals surface area contributed by atoms with E-state index < -0.39 is 0 Å². The van der Waals surface area contributed by atoms with E-state index in [-0.39, 0.29) is 0 Å². The summed E-state index contributed by atoms with van der Waals surface area (Å²) >= 11 is 0. The fraction of sp³-hybridized carbons (Fsp3) is 0.857. The summed E-state index contributed by atoms with van der Waals surface area (Å²) in [5.74, 6) is 1.64. The number of hydrogen-bond donors (Lipinski definition) is 1. The number of nitrogens with zero attached hydrogens (tertiary/aromatic N) is 4. The molecular weight excluding hydrogens is 238 g/mol. The van der Waals surface area contributed by atoms with E-state index in [9.17, 15) is 0 Å². The van der Waals surface area contributed by atoms with Crippen LogP contribution in [0.5, 0.6) is 0 Å². The monoisotopic (exact) mass is 265 g/mol. The lowest BCUT2D eigenvalue weighted by Crippen LogP contribution is -2.38. The van der Waals surface area contributed by atoms with Crippen LogP contribution < -0.4 is 5.32 Å². The topological polar surface area (TPSA) is 46.0 Å². The van der Waals surface area contributed by atoms with Crippen molar-refractivity contribution in [2.24, 2.45) is 5.92 Å². The standard InChI is InChI=1S/C14H27N5/c1-12(2)9-19-14(16-11-17-19)8-15-13(3)10-18-6-4-5-7-18/h11-13,15H,4-10H2,1-3H3. The van der Waals surface area contributed by atoms with Crippen LogP contribution in [0.25, 0.3) is 0 Å². The first-order valence-corrected chi connectivity index (χ1v) is 7.47. The largest absolute Gasteiger partial charge is 0.306 e. The summed E-state index contributed by atoms with van der Waals surface area (Å²) in [4.78, 5) is 6.89. The summed E-state index contributed by atoms with van der Waals surface area (Å²) in [5.41, 5.74) is 0. The van der Waals surface area contributed by atoms with Gasteiger partial charge in [-0.1, -0.05) is 13.8 Å². The molecule has 1 aromatic rings. The van der Waals surface area contributed by atoms with Crippen LogP contribution in [0.1, 0.15) is 39.4 Å². The average Bonchev–Trinajstić information content (AvgIpc) is 2.97. The lowest BCUT2D eigenvalue weighted by atomic mass is 10.2. The van der Waals surface area contributed by atoms with Gasteiger partial charge in [0.1, 0.15) is 12.2 Å². The van der Waals surface area contributed by atoms with Crippen LogP contribution in [0, 0.1) is 5.92 Å². The maximum Gasteiger partial charge on any atom is 0.140 e. The van der Waals surface area contributed by atoms with E-state index in [1.807, 2.05) is 4.68 Å². The molecule has 108 valence electrons. The molecule has 2 rings (SSSR count). The van der Waals surface area contributed by atoms with Crippen molar-refractivity contribution in [3.8, 4) is 0 Å². The summed E-state index contributed by atoms with van der Waals surface area (Å²) in [7, 11) is 0. The van der Waals surface area contributed by atoms with Crippen molar-refractivity contribution < 1.29 is 0 Å². The van der Waals surface area contributed by atoms with Crippen LogP contribution in [-0.4, -0.2) is 45.3 Å². The number of rotatable bonds is 7. The van der Waals surface area contributed by atoms with Crippen LogP contribution in [0.3, 0.4) is 0 Å².